The van der Waals surface area contributed by atoms with Gasteiger partial charge in [0, 0.05) is 19.6 Å². The van der Waals surface area contributed by atoms with Crippen molar-refractivity contribution in [1.29, 1.82) is 0 Å². The van der Waals surface area contributed by atoms with E-state index in [0.29, 0.717) is 18.6 Å². The van der Waals surface area contributed by atoms with Crippen LogP contribution in [0.2, 0.25) is 0 Å². The van der Waals surface area contributed by atoms with Crippen molar-refractivity contribution in [2.24, 2.45) is 11.8 Å². The Morgan fingerprint density at radius 2 is 2.08 bits per heavy atom. The van der Waals surface area contributed by atoms with E-state index < -0.39 is 0 Å². The van der Waals surface area contributed by atoms with Gasteiger partial charge in [0.25, 0.3) is 0 Å². The molecule has 0 saturated carbocycles. The van der Waals surface area contributed by atoms with Gasteiger partial charge in [-0.25, -0.2) is 0 Å². The molecule has 0 aromatic carbocycles. The minimum absolute atomic E-state index is 0.0162. The third kappa shape index (κ3) is 3.31. The first-order valence-corrected chi connectivity index (χ1v) is 9.66. The van der Waals surface area contributed by atoms with Crippen LogP contribution in [0.25, 0.3) is 0 Å². The molecule has 5 atom stereocenters. The zero-order valence-electron chi connectivity index (χ0n) is 14.3. The molecular weight excluding hydrogens is 306 g/mol. The van der Waals surface area contributed by atoms with Crippen LogP contribution in [0.4, 0.5) is 0 Å². The van der Waals surface area contributed by atoms with E-state index in [0.717, 1.165) is 64.6 Å². The van der Waals surface area contributed by atoms with Gasteiger partial charge in [-0.2, -0.15) is 0 Å². The van der Waals surface area contributed by atoms with E-state index in [2.05, 4.69) is 10.6 Å². The van der Waals surface area contributed by atoms with Crippen LogP contribution in [0.1, 0.15) is 44.9 Å². The van der Waals surface area contributed by atoms with Crippen LogP contribution in [-0.2, 0) is 14.3 Å². The molecule has 4 aliphatic rings. The quantitative estimate of drug-likeness (QED) is 0.792. The molecule has 2 amide bonds. The van der Waals surface area contributed by atoms with Crippen molar-refractivity contribution in [1.82, 2.24) is 15.5 Å². The Morgan fingerprint density at radius 1 is 1.17 bits per heavy atom. The lowest BCUT2D eigenvalue weighted by atomic mass is 9.87. The maximum atomic E-state index is 12.8. The Hall–Kier alpha value is -1.14. The Morgan fingerprint density at radius 3 is 2.79 bits per heavy atom. The lowest BCUT2D eigenvalue weighted by Gasteiger charge is -2.35. The number of piperidine rings is 1. The minimum Gasteiger partial charge on any atom is -0.374 e. The molecule has 0 spiro atoms. The average Bonchev–Trinajstić information content (AvgIpc) is 3.36. The fraction of sp³-hybridized carbons (Fsp3) is 0.889. The van der Waals surface area contributed by atoms with Crippen LogP contribution >= 0.6 is 0 Å². The molecule has 4 aliphatic heterocycles. The van der Waals surface area contributed by atoms with E-state index >= 15 is 0 Å². The highest BCUT2D eigenvalue weighted by Crippen LogP contribution is 2.40. The smallest absolute Gasteiger partial charge is 0.237 e. The van der Waals surface area contributed by atoms with Crippen LogP contribution in [0, 0.1) is 11.8 Å². The second kappa shape index (κ2) is 7.00. The SMILES string of the molecule is O=C(NCC1CCCN(C(=O)C2CC3CCC2O3)C1)C1CCCN1. The molecule has 0 radical (unpaired) electrons. The molecule has 4 saturated heterocycles. The number of nitrogens with one attached hydrogen (secondary N) is 2. The molecule has 0 aromatic rings. The van der Waals surface area contributed by atoms with Crippen LogP contribution in [0.5, 0.6) is 0 Å². The number of hydrogen-bond donors (Lipinski definition) is 2. The van der Waals surface area contributed by atoms with Gasteiger partial charge in [-0.1, -0.05) is 0 Å². The molecule has 5 unspecified atom stereocenters. The van der Waals surface area contributed by atoms with Gasteiger partial charge in [-0.05, 0) is 57.4 Å². The van der Waals surface area contributed by atoms with Crippen LogP contribution in [0.15, 0.2) is 0 Å². The molecule has 2 bridgehead atoms. The Labute approximate surface area is 143 Å². The van der Waals surface area contributed by atoms with Gasteiger partial charge in [-0.3, -0.25) is 9.59 Å². The number of amides is 2. The summed E-state index contributed by atoms with van der Waals surface area (Å²) >= 11 is 0. The summed E-state index contributed by atoms with van der Waals surface area (Å²) in [5.74, 6) is 0.875. The third-order valence-corrected chi connectivity index (χ3v) is 6.20. The highest BCUT2D eigenvalue weighted by atomic mass is 16.5. The van der Waals surface area contributed by atoms with E-state index in [1.807, 2.05) is 4.90 Å². The van der Waals surface area contributed by atoms with Crippen molar-refractivity contribution in [2.45, 2.75) is 63.2 Å². The summed E-state index contributed by atoms with van der Waals surface area (Å²) < 4.78 is 5.85. The molecule has 0 aromatic heterocycles. The summed E-state index contributed by atoms with van der Waals surface area (Å²) in [4.78, 5) is 27.0. The number of carbonyl (C=O) groups excluding carboxylic acids is 2. The van der Waals surface area contributed by atoms with Crippen molar-refractivity contribution in [3.8, 4) is 0 Å². The highest BCUT2D eigenvalue weighted by molar-refractivity contribution is 5.82. The van der Waals surface area contributed by atoms with Crippen molar-refractivity contribution in [3.05, 3.63) is 0 Å². The van der Waals surface area contributed by atoms with Crippen LogP contribution in [0.3, 0.4) is 0 Å². The van der Waals surface area contributed by atoms with Crippen molar-refractivity contribution < 1.29 is 14.3 Å². The van der Waals surface area contributed by atoms with E-state index in [4.69, 9.17) is 4.74 Å². The number of carbonyl (C=O) groups is 2. The molecule has 0 aliphatic carbocycles. The second-order valence-corrected chi connectivity index (χ2v) is 7.90. The number of nitrogens with zero attached hydrogens (tertiary/aromatic N) is 1. The second-order valence-electron chi connectivity index (χ2n) is 7.90. The lowest BCUT2D eigenvalue weighted by molar-refractivity contribution is -0.139. The van der Waals surface area contributed by atoms with Crippen molar-refractivity contribution >= 4 is 11.8 Å². The Bertz CT molecular complexity index is 492. The van der Waals surface area contributed by atoms with Gasteiger partial charge in [-0.15, -0.1) is 0 Å². The van der Waals surface area contributed by atoms with E-state index in [-0.39, 0.29) is 29.9 Å². The first-order chi connectivity index (χ1) is 11.7. The van der Waals surface area contributed by atoms with E-state index in [1.54, 1.807) is 0 Å². The molecule has 4 rings (SSSR count). The van der Waals surface area contributed by atoms with E-state index in [1.165, 1.54) is 0 Å². The van der Waals surface area contributed by atoms with Crippen LogP contribution < -0.4 is 10.6 Å². The topological polar surface area (TPSA) is 70.7 Å². The first-order valence-electron chi connectivity index (χ1n) is 9.66. The van der Waals surface area contributed by atoms with Crippen molar-refractivity contribution in [3.63, 3.8) is 0 Å². The fourth-order valence-electron chi connectivity index (χ4n) is 4.84. The standard InChI is InChI=1S/C18H29N3O3/c22-17(15-4-1-7-19-15)20-10-12-3-2-8-21(11-12)18(23)14-9-13-5-6-16(14)24-13/h12-16,19H,1-11H2,(H,20,22). The Kier molecular flexibility index (Phi) is 4.77. The summed E-state index contributed by atoms with van der Waals surface area (Å²) in [5, 5.41) is 6.32. The number of ether oxygens (including phenoxy) is 1. The number of hydrogen-bond acceptors (Lipinski definition) is 4. The van der Waals surface area contributed by atoms with Gasteiger partial charge in [0.1, 0.15) is 0 Å². The monoisotopic (exact) mass is 335 g/mol. The summed E-state index contributed by atoms with van der Waals surface area (Å²) in [6.45, 7) is 3.27. The molecule has 24 heavy (non-hydrogen) atoms. The zero-order chi connectivity index (χ0) is 16.5. The summed E-state index contributed by atoms with van der Waals surface area (Å²) in [7, 11) is 0. The summed E-state index contributed by atoms with van der Waals surface area (Å²) in [6.07, 6.45) is 7.71. The average molecular weight is 335 g/mol. The Balaban J connectivity index is 1.26. The predicted molar refractivity (Wildman–Crippen MR) is 89.3 cm³/mol. The largest absolute Gasteiger partial charge is 0.374 e. The molecule has 6 heteroatoms. The maximum absolute atomic E-state index is 12.8. The van der Waals surface area contributed by atoms with Gasteiger partial charge >= 0.3 is 0 Å². The van der Waals surface area contributed by atoms with E-state index in [9.17, 15) is 9.59 Å². The lowest BCUT2D eigenvalue weighted by Crippen LogP contribution is -2.48. The van der Waals surface area contributed by atoms with Crippen LogP contribution in [-0.4, -0.2) is 61.1 Å². The highest BCUT2D eigenvalue weighted by Gasteiger charge is 2.46. The predicted octanol–water partition coefficient (Wildman–Crippen LogP) is 0.661. The van der Waals surface area contributed by atoms with Gasteiger partial charge in [0.05, 0.1) is 24.2 Å². The van der Waals surface area contributed by atoms with Gasteiger partial charge < -0.3 is 20.3 Å². The molecule has 134 valence electrons. The summed E-state index contributed by atoms with van der Waals surface area (Å²) in [6, 6.07) is -0.0162. The normalized spacial score (nSPS) is 38.5. The number of likely N-dealkylation sites (tertiary alicyclic amines) is 1. The molecule has 4 heterocycles. The summed E-state index contributed by atoms with van der Waals surface area (Å²) in [5.41, 5.74) is 0. The number of rotatable bonds is 4. The first kappa shape index (κ1) is 16.3. The molecule has 2 N–H and O–H groups in total. The van der Waals surface area contributed by atoms with Gasteiger partial charge in [0.2, 0.25) is 11.8 Å². The molecular formula is C18H29N3O3. The fourth-order valence-corrected chi connectivity index (χ4v) is 4.84. The third-order valence-electron chi connectivity index (χ3n) is 6.20. The minimum atomic E-state index is -0.0162. The maximum Gasteiger partial charge on any atom is 0.237 e. The van der Waals surface area contributed by atoms with Gasteiger partial charge in [0.15, 0.2) is 0 Å². The molecule has 6 nitrogen and oxygen atoms in total. The zero-order valence-corrected chi connectivity index (χ0v) is 14.3. The van der Waals surface area contributed by atoms with Crippen molar-refractivity contribution in [2.75, 3.05) is 26.2 Å². The molecule has 4 fully saturated rings. The number of fused-ring (bicyclic) bond motifs is 2.